The second kappa shape index (κ2) is 8.02. The molecular formula is C22H22N4OS. The van der Waals surface area contributed by atoms with Gasteiger partial charge in [-0.2, -0.15) is 0 Å². The number of aromatic nitrogens is 2. The Kier molecular flexibility index (Phi) is 5.30. The summed E-state index contributed by atoms with van der Waals surface area (Å²) >= 11 is 1.50. The predicted octanol–water partition coefficient (Wildman–Crippen LogP) is 5.14. The van der Waals surface area contributed by atoms with Gasteiger partial charge in [0.2, 0.25) is 0 Å². The third-order valence-electron chi connectivity index (χ3n) is 5.08. The molecule has 0 aliphatic heterocycles. The third-order valence-corrected chi connectivity index (χ3v) is 5.97. The highest BCUT2D eigenvalue weighted by Gasteiger charge is 2.39. The van der Waals surface area contributed by atoms with E-state index >= 15 is 0 Å². The molecule has 1 heterocycles. The van der Waals surface area contributed by atoms with Gasteiger partial charge in [0, 0.05) is 23.0 Å². The van der Waals surface area contributed by atoms with Crippen LogP contribution in [0.15, 0.2) is 77.0 Å². The van der Waals surface area contributed by atoms with E-state index in [1.54, 1.807) is 18.5 Å². The molecule has 28 heavy (non-hydrogen) atoms. The fourth-order valence-corrected chi connectivity index (χ4v) is 4.24. The fourth-order valence-electron chi connectivity index (χ4n) is 3.43. The number of carbonyl (C=O) groups excluding carboxylic acids is 1. The number of carbonyl (C=O) groups is 1. The van der Waals surface area contributed by atoms with Crippen molar-refractivity contribution in [2.75, 3.05) is 5.32 Å². The van der Waals surface area contributed by atoms with Crippen molar-refractivity contribution in [3.8, 4) is 0 Å². The van der Waals surface area contributed by atoms with Gasteiger partial charge in [0.05, 0.1) is 5.54 Å². The number of rotatable bonds is 5. The predicted molar refractivity (Wildman–Crippen MR) is 111 cm³/mol. The maximum Gasteiger partial charge on any atom is 0.319 e. The number of anilines is 1. The van der Waals surface area contributed by atoms with Crippen molar-refractivity contribution >= 4 is 23.5 Å². The lowest BCUT2D eigenvalue weighted by molar-refractivity contribution is 0.185. The molecule has 1 aromatic heterocycles. The lowest BCUT2D eigenvalue weighted by Crippen LogP contribution is -2.52. The molecule has 0 bridgehead atoms. The van der Waals surface area contributed by atoms with Crippen molar-refractivity contribution in [2.45, 2.75) is 41.8 Å². The van der Waals surface area contributed by atoms with Gasteiger partial charge in [-0.15, -0.1) is 0 Å². The summed E-state index contributed by atoms with van der Waals surface area (Å²) in [5, 5.41) is 6.91. The molecule has 142 valence electrons. The quantitative estimate of drug-likeness (QED) is 0.592. The van der Waals surface area contributed by atoms with E-state index in [0.29, 0.717) is 5.16 Å². The second-order valence-corrected chi connectivity index (χ2v) is 8.03. The van der Waals surface area contributed by atoms with E-state index in [2.05, 4.69) is 32.7 Å². The molecule has 3 aromatic rings. The topological polar surface area (TPSA) is 66.9 Å². The summed E-state index contributed by atoms with van der Waals surface area (Å²) in [6.45, 7) is 1.99. The maximum absolute atomic E-state index is 12.7. The van der Waals surface area contributed by atoms with Crippen LogP contribution in [0, 0.1) is 6.92 Å². The Labute approximate surface area is 169 Å². The smallest absolute Gasteiger partial charge is 0.319 e. The molecular weight excluding hydrogens is 368 g/mol. The number of hydrogen-bond acceptors (Lipinski definition) is 4. The number of nitrogens with one attached hydrogen (secondary N) is 2. The lowest BCUT2D eigenvalue weighted by Gasteiger charge is -2.43. The van der Waals surface area contributed by atoms with Crippen LogP contribution in [0.1, 0.15) is 30.4 Å². The van der Waals surface area contributed by atoms with Crippen LogP contribution in [0.25, 0.3) is 0 Å². The molecule has 0 saturated heterocycles. The maximum atomic E-state index is 12.7. The number of hydrogen-bond donors (Lipinski definition) is 2. The van der Waals surface area contributed by atoms with Crippen LogP contribution in [0.3, 0.4) is 0 Å². The second-order valence-electron chi connectivity index (χ2n) is 6.99. The van der Waals surface area contributed by atoms with Crippen LogP contribution in [-0.4, -0.2) is 16.0 Å². The Hall–Kier alpha value is -2.86. The molecule has 2 amide bonds. The molecule has 1 saturated carbocycles. The van der Waals surface area contributed by atoms with E-state index < -0.39 is 0 Å². The monoisotopic (exact) mass is 390 g/mol. The SMILES string of the molecule is Cc1cc(Sc2ncccn2)ccc1NC(=O)NC1(c2ccccc2)CCC1. The van der Waals surface area contributed by atoms with Crippen molar-refractivity contribution in [1.82, 2.24) is 15.3 Å². The van der Waals surface area contributed by atoms with Crippen LogP contribution < -0.4 is 10.6 Å². The van der Waals surface area contributed by atoms with Crippen molar-refractivity contribution in [3.05, 3.63) is 78.1 Å². The zero-order valence-corrected chi connectivity index (χ0v) is 16.5. The highest BCUT2D eigenvalue weighted by atomic mass is 32.2. The minimum Gasteiger partial charge on any atom is -0.328 e. The average Bonchev–Trinajstić information content (AvgIpc) is 2.68. The van der Waals surface area contributed by atoms with E-state index in [4.69, 9.17) is 0 Å². The highest BCUT2D eigenvalue weighted by Crippen LogP contribution is 2.41. The summed E-state index contributed by atoms with van der Waals surface area (Å²) in [4.78, 5) is 22.2. The van der Waals surface area contributed by atoms with Gasteiger partial charge in [0.15, 0.2) is 5.16 Å². The highest BCUT2D eigenvalue weighted by molar-refractivity contribution is 7.99. The molecule has 4 rings (SSSR count). The first-order chi connectivity index (χ1) is 13.6. The normalized spacial score (nSPS) is 14.8. The Morgan fingerprint density at radius 3 is 2.43 bits per heavy atom. The van der Waals surface area contributed by atoms with E-state index in [9.17, 15) is 4.79 Å². The number of aryl methyl sites for hydroxylation is 1. The molecule has 1 fully saturated rings. The Balaban J connectivity index is 1.43. The summed E-state index contributed by atoms with van der Waals surface area (Å²) in [7, 11) is 0. The Morgan fingerprint density at radius 2 is 1.79 bits per heavy atom. The Morgan fingerprint density at radius 1 is 1.04 bits per heavy atom. The van der Waals surface area contributed by atoms with Gasteiger partial charge in [-0.25, -0.2) is 14.8 Å². The molecule has 6 heteroatoms. The average molecular weight is 391 g/mol. The standard InChI is InChI=1S/C22H22N4OS/c1-16-15-18(28-21-23-13-6-14-24-21)9-10-19(16)25-20(27)26-22(11-5-12-22)17-7-3-2-4-8-17/h2-4,6-10,13-15H,5,11-12H2,1H3,(H2,25,26,27). The van der Waals surface area contributed by atoms with Gasteiger partial charge in [-0.1, -0.05) is 30.3 Å². The van der Waals surface area contributed by atoms with Gasteiger partial charge in [0.25, 0.3) is 0 Å². The summed E-state index contributed by atoms with van der Waals surface area (Å²) < 4.78 is 0. The van der Waals surface area contributed by atoms with Crippen LogP contribution in [0.4, 0.5) is 10.5 Å². The molecule has 2 N–H and O–H groups in total. The number of amides is 2. The zero-order chi connectivity index (χ0) is 19.4. The zero-order valence-electron chi connectivity index (χ0n) is 15.7. The molecule has 5 nitrogen and oxygen atoms in total. The van der Waals surface area contributed by atoms with Crippen molar-refractivity contribution in [1.29, 1.82) is 0 Å². The molecule has 0 atom stereocenters. The largest absolute Gasteiger partial charge is 0.328 e. The van der Waals surface area contributed by atoms with E-state index in [1.165, 1.54) is 17.3 Å². The third kappa shape index (κ3) is 4.02. The minimum absolute atomic E-state index is 0.168. The van der Waals surface area contributed by atoms with Crippen molar-refractivity contribution in [2.24, 2.45) is 0 Å². The van der Waals surface area contributed by atoms with Crippen LogP contribution in [-0.2, 0) is 5.54 Å². The van der Waals surface area contributed by atoms with Crippen LogP contribution in [0.2, 0.25) is 0 Å². The summed E-state index contributed by atoms with van der Waals surface area (Å²) in [6.07, 6.45) is 6.52. The van der Waals surface area contributed by atoms with Gasteiger partial charge in [-0.3, -0.25) is 0 Å². The molecule has 2 aromatic carbocycles. The molecule has 1 aliphatic carbocycles. The lowest BCUT2D eigenvalue weighted by atomic mass is 9.72. The summed E-state index contributed by atoms with van der Waals surface area (Å²) in [5.74, 6) is 0. The van der Waals surface area contributed by atoms with E-state index in [1.807, 2.05) is 43.3 Å². The first-order valence-corrected chi connectivity index (χ1v) is 10.2. The van der Waals surface area contributed by atoms with E-state index in [-0.39, 0.29) is 11.6 Å². The Bertz CT molecular complexity index is 959. The molecule has 0 radical (unpaired) electrons. The first-order valence-electron chi connectivity index (χ1n) is 9.35. The van der Waals surface area contributed by atoms with E-state index in [0.717, 1.165) is 35.4 Å². The molecule has 1 aliphatic rings. The fraction of sp³-hybridized carbons (Fsp3) is 0.227. The van der Waals surface area contributed by atoms with Crippen molar-refractivity contribution < 1.29 is 4.79 Å². The molecule has 0 spiro atoms. The number of benzene rings is 2. The number of nitrogens with zero attached hydrogens (tertiary/aromatic N) is 2. The van der Waals surface area contributed by atoms with Gasteiger partial charge in [-0.05, 0) is 73.3 Å². The summed E-state index contributed by atoms with van der Waals surface area (Å²) in [6, 6.07) is 17.8. The minimum atomic E-state index is -0.250. The van der Waals surface area contributed by atoms with Gasteiger partial charge < -0.3 is 10.6 Å². The number of urea groups is 1. The van der Waals surface area contributed by atoms with Gasteiger partial charge in [0.1, 0.15) is 0 Å². The van der Waals surface area contributed by atoms with Crippen molar-refractivity contribution in [3.63, 3.8) is 0 Å². The molecule has 0 unspecified atom stereocenters. The summed E-state index contributed by atoms with van der Waals surface area (Å²) in [5.41, 5.74) is 2.72. The van der Waals surface area contributed by atoms with Gasteiger partial charge >= 0.3 is 6.03 Å². The van der Waals surface area contributed by atoms with Crippen LogP contribution >= 0.6 is 11.8 Å². The first kappa shape index (κ1) is 18.5. The van der Waals surface area contributed by atoms with Crippen LogP contribution in [0.5, 0.6) is 0 Å².